The van der Waals surface area contributed by atoms with Crippen molar-refractivity contribution in [2.75, 3.05) is 0 Å². The van der Waals surface area contributed by atoms with E-state index in [1.54, 1.807) is 0 Å². The molecular formula is C17H13BrO2. The molecule has 0 aliphatic rings. The fraction of sp³-hybridized carbons (Fsp3) is 0.0588. The fourth-order valence-electron chi connectivity index (χ4n) is 2.15. The summed E-state index contributed by atoms with van der Waals surface area (Å²) < 4.78 is 6.56. The molecule has 0 unspecified atom stereocenters. The minimum Gasteiger partial charge on any atom is -0.506 e. The number of halogens is 1. The first-order valence-corrected chi connectivity index (χ1v) is 7.12. The lowest BCUT2D eigenvalue weighted by molar-refractivity contribution is 0.310. The Hall–Kier alpha value is -2.00. The van der Waals surface area contributed by atoms with Gasteiger partial charge in [-0.2, -0.15) is 0 Å². The van der Waals surface area contributed by atoms with Crippen LogP contribution in [-0.4, -0.2) is 5.11 Å². The molecule has 0 radical (unpaired) electrons. The molecule has 3 rings (SSSR count). The lowest BCUT2D eigenvalue weighted by atomic mass is 10.1. The van der Waals surface area contributed by atoms with Crippen molar-refractivity contribution < 1.29 is 9.84 Å². The van der Waals surface area contributed by atoms with Crippen LogP contribution in [0.5, 0.6) is 11.5 Å². The normalized spacial score (nSPS) is 10.7. The molecule has 0 fully saturated rings. The molecule has 3 aromatic rings. The van der Waals surface area contributed by atoms with Crippen molar-refractivity contribution in [3.05, 3.63) is 70.7 Å². The Kier molecular flexibility index (Phi) is 3.61. The van der Waals surface area contributed by atoms with Crippen LogP contribution >= 0.6 is 15.9 Å². The fourth-order valence-corrected chi connectivity index (χ4v) is 2.49. The van der Waals surface area contributed by atoms with E-state index in [1.165, 1.54) is 0 Å². The molecule has 0 saturated carbocycles. The molecule has 0 aliphatic heterocycles. The van der Waals surface area contributed by atoms with E-state index in [2.05, 4.69) is 15.9 Å². The van der Waals surface area contributed by atoms with Gasteiger partial charge in [0.1, 0.15) is 18.1 Å². The van der Waals surface area contributed by atoms with Gasteiger partial charge in [0.05, 0.1) is 4.47 Å². The summed E-state index contributed by atoms with van der Waals surface area (Å²) in [5.74, 6) is 1.02. The molecule has 0 aliphatic carbocycles. The first kappa shape index (κ1) is 13.0. The van der Waals surface area contributed by atoms with E-state index in [0.717, 1.165) is 22.1 Å². The Morgan fingerprint density at radius 3 is 2.45 bits per heavy atom. The zero-order valence-electron chi connectivity index (χ0n) is 10.7. The van der Waals surface area contributed by atoms with Crippen molar-refractivity contribution in [2.24, 2.45) is 0 Å². The minimum absolute atomic E-state index is 0.243. The second kappa shape index (κ2) is 5.55. The second-order valence-electron chi connectivity index (χ2n) is 4.52. The summed E-state index contributed by atoms with van der Waals surface area (Å²) >= 11 is 3.33. The molecule has 0 aromatic heterocycles. The van der Waals surface area contributed by atoms with E-state index in [1.807, 2.05) is 60.7 Å². The van der Waals surface area contributed by atoms with Crippen LogP contribution in [0.1, 0.15) is 5.56 Å². The Bertz CT molecular complexity index is 739. The summed E-state index contributed by atoms with van der Waals surface area (Å²) in [6.45, 7) is 0.511. The molecule has 0 spiro atoms. The minimum atomic E-state index is 0.243. The summed E-state index contributed by atoms with van der Waals surface area (Å²) in [6, 6.07) is 19.5. The largest absolute Gasteiger partial charge is 0.506 e. The maximum Gasteiger partial charge on any atom is 0.137 e. The molecule has 20 heavy (non-hydrogen) atoms. The number of rotatable bonds is 3. The zero-order valence-corrected chi connectivity index (χ0v) is 12.3. The lowest BCUT2D eigenvalue weighted by Gasteiger charge is -2.11. The Balaban J connectivity index is 1.94. The maximum absolute atomic E-state index is 10.1. The van der Waals surface area contributed by atoms with Crippen LogP contribution in [0.25, 0.3) is 10.8 Å². The van der Waals surface area contributed by atoms with Crippen molar-refractivity contribution in [1.82, 2.24) is 0 Å². The van der Waals surface area contributed by atoms with Crippen LogP contribution in [0.3, 0.4) is 0 Å². The molecule has 3 aromatic carbocycles. The zero-order chi connectivity index (χ0) is 13.9. The number of aromatic hydroxyl groups is 1. The molecule has 0 saturated heterocycles. The van der Waals surface area contributed by atoms with Crippen molar-refractivity contribution in [2.45, 2.75) is 6.61 Å². The first-order valence-electron chi connectivity index (χ1n) is 6.32. The standard InChI is InChI=1S/C17H13BrO2/c18-15-10-9-13-14(17(15)19)7-4-8-16(13)20-11-12-5-2-1-3-6-12/h1-10,19H,11H2. The van der Waals surface area contributed by atoms with Gasteiger partial charge in [0.15, 0.2) is 0 Å². The van der Waals surface area contributed by atoms with E-state index in [-0.39, 0.29) is 5.75 Å². The molecule has 2 nitrogen and oxygen atoms in total. The van der Waals surface area contributed by atoms with Crippen LogP contribution in [0.4, 0.5) is 0 Å². The molecule has 0 amide bonds. The highest BCUT2D eigenvalue weighted by molar-refractivity contribution is 9.10. The predicted molar refractivity (Wildman–Crippen MR) is 84.1 cm³/mol. The van der Waals surface area contributed by atoms with Gasteiger partial charge in [-0.1, -0.05) is 42.5 Å². The third-order valence-electron chi connectivity index (χ3n) is 3.18. The van der Waals surface area contributed by atoms with E-state index in [4.69, 9.17) is 4.74 Å². The van der Waals surface area contributed by atoms with Gasteiger partial charge in [-0.3, -0.25) is 0 Å². The predicted octanol–water partition coefficient (Wildman–Crippen LogP) is 4.89. The van der Waals surface area contributed by atoms with Gasteiger partial charge in [-0.25, -0.2) is 0 Å². The Morgan fingerprint density at radius 1 is 0.850 bits per heavy atom. The van der Waals surface area contributed by atoms with Crippen LogP contribution < -0.4 is 4.74 Å². The van der Waals surface area contributed by atoms with Gasteiger partial charge >= 0.3 is 0 Å². The molecule has 0 bridgehead atoms. The summed E-state index contributed by atoms with van der Waals surface area (Å²) in [5, 5.41) is 11.8. The molecule has 3 heteroatoms. The average Bonchev–Trinajstić information content (AvgIpc) is 2.50. The molecule has 100 valence electrons. The van der Waals surface area contributed by atoms with Crippen molar-refractivity contribution >= 4 is 26.7 Å². The van der Waals surface area contributed by atoms with Crippen LogP contribution in [-0.2, 0) is 6.61 Å². The Morgan fingerprint density at radius 2 is 1.65 bits per heavy atom. The van der Waals surface area contributed by atoms with Crippen molar-refractivity contribution in [3.63, 3.8) is 0 Å². The number of phenols is 1. The van der Waals surface area contributed by atoms with Crippen molar-refractivity contribution in [3.8, 4) is 11.5 Å². The van der Waals surface area contributed by atoms with Crippen LogP contribution in [0.15, 0.2) is 65.1 Å². The van der Waals surface area contributed by atoms with Gasteiger partial charge in [0.25, 0.3) is 0 Å². The van der Waals surface area contributed by atoms with E-state index in [9.17, 15) is 5.11 Å². The molecule has 1 N–H and O–H groups in total. The number of hydrogen-bond donors (Lipinski definition) is 1. The summed E-state index contributed by atoms with van der Waals surface area (Å²) in [4.78, 5) is 0. The monoisotopic (exact) mass is 328 g/mol. The topological polar surface area (TPSA) is 29.5 Å². The molecule has 0 atom stereocenters. The third kappa shape index (κ3) is 2.49. The second-order valence-corrected chi connectivity index (χ2v) is 5.38. The third-order valence-corrected chi connectivity index (χ3v) is 3.82. The summed E-state index contributed by atoms with van der Waals surface area (Å²) in [5.41, 5.74) is 1.12. The van der Waals surface area contributed by atoms with Gasteiger partial charge in [0.2, 0.25) is 0 Å². The van der Waals surface area contributed by atoms with Gasteiger partial charge in [-0.05, 0) is 39.7 Å². The number of hydrogen-bond acceptors (Lipinski definition) is 2. The quantitative estimate of drug-likeness (QED) is 0.741. The molecule has 0 heterocycles. The summed E-state index contributed by atoms with van der Waals surface area (Å²) in [7, 11) is 0. The highest BCUT2D eigenvalue weighted by Gasteiger charge is 2.08. The number of fused-ring (bicyclic) bond motifs is 1. The first-order chi connectivity index (χ1) is 9.75. The molecular weight excluding hydrogens is 316 g/mol. The van der Waals surface area contributed by atoms with E-state index >= 15 is 0 Å². The van der Waals surface area contributed by atoms with Crippen LogP contribution in [0, 0.1) is 0 Å². The summed E-state index contributed by atoms with van der Waals surface area (Å²) in [6.07, 6.45) is 0. The van der Waals surface area contributed by atoms with E-state index in [0.29, 0.717) is 11.1 Å². The van der Waals surface area contributed by atoms with E-state index < -0.39 is 0 Å². The van der Waals surface area contributed by atoms with Gasteiger partial charge in [-0.15, -0.1) is 0 Å². The maximum atomic E-state index is 10.1. The average molecular weight is 329 g/mol. The van der Waals surface area contributed by atoms with Gasteiger partial charge in [0, 0.05) is 10.8 Å². The number of ether oxygens (including phenoxy) is 1. The van der Waals surface area contributed by atoms with Crippen molar-refractivity contribution in [1.29, 1.82) is 0 Å². The highest BCUT2D eigenvalue weighted by Crippen LogP contribution is 2.36. The van der Waals surface area contributed by atoms with Gasteiger partial charge < -0.3 is 9.84 Å². The highest BCUT2D eigenvalue weighted by atomic mass is 79.9. The Labute approximate surface area is 125 Å². The number of phenolic OH excluding ortho intramolecular Hbond substituents is 1. The number of benzene rings is 3. The van der Waals surface area contributed by atoms with Crippen LogP contribution in [0.2, 0.25) is 0 Å². The smallest absolute Gasteiger partial charge is 0.137 e. The SMILES string of the molecule is Oc1c(Br)ccc2c(OCc3ccccc3)cccc12. The lowest BCUT2D eigenvalue weighted by Crippen LogP contribution is -1.95.